The van der Waals surface area contributed by atoms with Crippen molar-refractivity contribution in [2.45, 2.75) is 51.2 Å². The lowest BCUT2D eigenvalue weighted by Crippen LogP contribution is -2.39. The highest BCUT2D eigenvalue weighted by atomic mass is 127. The van der Waals surface area contributed by atoms with Crippen LogP contribution in [0.2, 0.25) is 5.02 Å². The van der Waals surface area contributed by atoms with Gasteiger partial charge in [-0.15, -0.1) is 0 Å². The highest BCUT2D eigenvalue weighted by Gasteiger charge is 2.28. The monoisotopic (exact) mass is 611 g/mol. The Morgan fingerprint density at radius 2 is 1.83 bits per heavy atom. The van der Waals surface area contributed by atoms with E-state index in [0.717, 1.165) is 27.5 Å². The second-order valence-corrected chi connectivity index (χ2v) is 10.6. The number of nitrogens with one attached hydrogen (secondary N) is 2. The first-order chi connectivity index (χ1) is 16.8. The molecule has 0 aromatic heterocycles. The average molecular weight is 612 g/mol. The summed E-state index contributed by atoms with van der Waals surface area (Å²) in [6.07, 6.45) is 3.34. The number of carboxylic acid groups (broad SMARTS) is 1. The summed E-state index contributed by atoms with van der Waals surface area (Å²) < 4.78 is 6.56. The molecule has 0 bridgehead atoms. The standard InChI is InChI=1S/C25H27ClIN3O5/c26-18-4-8-22(21(27)13-18)29-24(33)28-19-5-3-17-14-30(10-9-16(17)12-19)25(34)35-20-6-1-15(2-7-20)11-23(31)32/h3-5,8,12-13,15,20H,1-2,6-7,9-11,14H2,(H,31,32)(H2,28,29,33). The van der Waals surface area contributed by atoms with Gasteiger partial charge in [0.1, 0.15) is 6.10 Å². The quantitative estimate of drug-likeness (QED) is 0.353. The summed E-state index contributed by atoms with van der Waals surface area (Å²) in [5.74, 6) is -0.600. The molecule has 1 fully saturated rings. The molecule has 1 heterocycles. The third kappa shape index (κ3) is 7.00. The van der Waals surface area contributed by atoms with Crippen molar-refractivity contribution < 1.29 is 24.2 Å². The van der Waals surface area contributed by atoms with E-state index < -0.39 is 5.97 Å². The van der Waals surface area contributed by atoms with E-state index in [1.807, 2.05) is 18.2 Å². The Hall–Kier alpha value is -2.53. The Labute approximate surface area is 222 Å². The molecule has 1 aliphatic carbocycles. The van der Waals surface area contributed by atoms with E-state index >= 15 is 0 Å². The second kappa shape index (κ2) is 11.5. The van der Waals surface area contributed by atoms with Crippen LogP contribution in [0.15, 0.2) is 36.4 Å². The third-order valence-electron chi connectivity index (χ3n) is 6.44. The Morgan fingerprint density at radius 3 is 2.54 bits per heavy atom. The first kappa shape index (κ1) is 25.6. The normalized spacial score (nSPS) is 19.4. The van der Waals surface area contributed by atoms with Crippen molar-refractivity contribution in [2.24, 2.45) is 5.92 Å². The SMILES string of the molecule is O=C(O)CC1CCC(OC(=O)N2CCc3cc(NC(=O)Nc4ccc(Cl)cc4I)ccc3C2)CC1. The molecule has 35 heavy (non-hydrogen) atoms. The third-order valence-corrected chi connectivity index (χ3v) is 7.57. The van der Waals surface area contributed by atoms with Gasteiger partial charge in [0.25, 0.3) is 0 Å². The summed E-state index contributed by atoms with van der Waals surface area (Å²) in [6, 6.07) is 10.6. The van der Waals surface area contributed by atoms with Crippen molar-refractivity contribution in [3.63, 3.8) is 0 Å². The van der Waals surface area contributed by atoms with Crippen LogP contribution in [0.3, 0.4) is 0 Å². The highest BCUT2D eigenvalue weighted by Crippen LogP contribution is 2.30. The van der Waals surface area contributed by atoms with E-state index in [9.17, 15) is 14.4 Å². The summed E-state index contributed by atoms with van der Waals surface area (Å²) in [4.78, 5) is 37.7. The average Bonchev–Trinajstić information content (AvgIpc) is 2.81. The van der Waals surface area contributed by atoms with Crippen LogP contribution in [0.1, 0.15) is 43.2 Å². The van der Waals surface area contributed by atoms with Gasteiger partial charge < -0.3 is 25.4 Å². The molecule has 3 N–H and O–H groups in total. The molecule has 0 radical (unpaired) electrons. The van der Waals surface area contributed by atoms with Crippen LogP contribution >= 0.6 is 34.2 Å². The number of rotatable bonds is 5. The number of carboxylic acids is 1. The van der Waals surface area contributed by atoms with Crippen LogP contribution in [0.25, 0.3) is 0 Å². The molecule has 10 heteroatoms. The zero-order chi connectivity index (χ0) is 24.9. The summed E-state index contributed by atoms with van der Waals surface area (Å²) in [6.45, 7) is 0.997. The van der Waals surface area contributed by atoms with Crippen molar-refractivity contribution in [3.8, 4) is 0 Å². The number of nitrogens with zero attached hydrogens (tertiary/aromatic N) is 1. The van der Waals surface area contributed by atoms with Gasteiger partial charge in [-0.3, -0.25) is 4.79 Å². The molecule has 2 aromatic carbocycles. The Balaban J connectivity index is 1.28. The molecule has 186 valence electrons. The topological polar surface area (TPSA) is 108 Å². The van der Waals surface area contributed by atoms with Crippen molar-refractivity contribution in [1.82, 2.24) is 4.90 Å². The lowest BCUT2D eigenvalue weighted by molar-refractivity contribution is -0.138. The maximum Gasteiger partial charge on any atom is 0.410 e. The lowest BCUT2D eigenvalue weighted by Gasteiger charge is -2.32. The molecule has 1 saturated carbocycles. The number of aliphatic carboxylic acids is 1. The van der Waals surface area contributed by atoms with E-state index in [1.54, 1.807) is 23.1 Å². The number of benzene rings is 2. The van der Waals surface area contributed by atoms with Gasteiger partial charge in [-0.25, -0.2) is 9.59 Å². The summed E-state index contributed by atoms with van der Waals surface area (Å²) >= 11 is 8.08. The van der Waals surface area contributed by atoms with Gasteiger partial charge in [0.15, 0.2) is 0 Å². The minimum Gasteiger partial charge on any atom is -0.481 e. The zero-order valence-corrected chi connectivity index (χ0v) is 22.0. The number of ether oxygens (including phenoxy) is 1. The molecule has 0 spiro atoms. The van der Waals surface area contributed by atoms with Crippen LogP contribution in [0.5, 0.6) is 0 Å². The molecule has 2 aliphatic rings. The number of hydrogen-bond donors (Lipinski definition) is 3. The first-order valence-corrected chi connectivity index (χ1v) is 13.0. The van der Waals surface area contributed by atoms with E-state index in [1.165, 1.54) is 0 Å². The van der Waals surface area contributed by atoms with Gasteiger partial charge in [-0.1, -0.05) is 17.7 Å². The molecule has 0 saturated heterocycles. The van der Waals surface area contributed by atoms with Gasteiger partial charge in [0, 0.05) is 33.8 Å². The maximum absolute atomic E-state index is 12.7. The van der Waals surface area contributed by atoms with Crippen LogP contribution in [0, 0.1) is 9.49 Å². The molecule has 0 unspecified atom stereocenters. The molecule has 3 amide bonds. The number of amides is 3. The van der Waals surface area contributed by atoms with Crippen molar-refractivity contribution in [2.75, 3.05) is 17.2 Å². The molecule has 0 atom stereocenters. The number of carbonyl (C=O) groups excluding carboxylic acids is 2. The number of hydrogen-bond acceptors (Lipinski definition) is 4. The molecule has 8 nitrogen and oxygen atoms in total. The number of halogens is 2. The predicted octanol–water partition coefficient (Wildman–Crippen LogP) is 6.12. The van der Waals surface area contributed by atoms with E-state index in [4.69, 9.17) is 21.4 Å². The van der Waals surface area contributed by atoms with E-state index in [-0.39, 0.29) is 30.6 Å². The van der Waals surface area contributed by atoms with Gasteiger partial charge in [-0.2, -0.15) is 0 Å². The number of urea groups is 1. The van der Waals surface area contributed by atoms with Gasteiger partial charge >= 0.3 is 18.1 Å². The van der Waals surface area contributed by atoms with Crippen LogP contribution in [0.4, 0.5) is 21.0 Å². The van der Waals surface area contributed by atoms with E-state index in [0.29, 0.717) is 48.7 Å². The minimum atomic E-state index is -0.771. The van der Waals surface area contributed by atoms with E-state index in [2.05, 4.69) is 33.2 Å². The number of carbonyl (C=O) groups is 3. The van der Waals surface area contributed by atoms with Crippen molar-refractivity contribution in [3.05, 3.63) is 56.1 Å². The largest absolute Gasteiger partial charge is 0.481 e. The van der Waals surface area contributed by atoms with Gasteiger partial charge in [0.2, 0.25) is 0 Å². The number of fused-ring (bicyclic) bond motifs is 1. The van der Waals surface area contributed by atoms with Gasteiger partial charge in [0.05, 0.1) is 5.69 Å². The molecular formula is C25H27ClIN3O5. The highest BCUT2D eigenvalue weighted by molar-refractivity contribution is 14.1. The fourth-order valence-electron chi connectivity index (χ4n) is 4.58. The smallest absolute Gasteiger partial charge is 0.410 e. The summed E-state index contributed by atoms with van der Waals surface area (Å²) in [5.41, 5.74) is 3.47. The molecular weight excluding hydrogens is 585 g/mol. The Bertz CT molecular complexity index is 1120. The maximum atomic E-state index is 12.7. The number of anilines is 2. The summed E-state index contributed by atoms with van der Waals surface area (Å²) in [7, 11) is 0. The van der Waals surface area contributed by atoms with Gasteiger partial charge in [-0.05, 0) is 102 Å². The predicted molar refractivity (Wildman–Crippen MR) is 142 cm³/mol. The van der Waals surface area contributed by atoms with Crippen molar-refractivity contribution in [1.29, 1.82) is 0 Å². The summed E-state index contributed by atoms with van der Waals surface area (Å²) in [5, 5.41) is 15.2. The van der Waals surface area contributed by atoms with Crippen LogP contribution in [-0.4, -0.2) is 40.7 Å². The molecule has 4 rings (SSSR count). The fraction of sp³-hybridized carbons (Fsp3) is 0.400. The Morgan fingerprint density at radius 1 is 1.06 bits per heavy atom. The second-order valence-electron chi connectivity index (χ2n) is 8.98. The minimum absolute atomic E-state index is 0.150. The Kier molecular flexibility index (Phi) is 8.38. The lowest BCUT2D eigenvalue weighted by atomic mass is 9.85. The van der Waals surface area contributed by atoms with Crippen molar-refractivity contribution >= 4 is 63.7 Å². The molecule has 2 aromatic rings. The first-order valence-electron chi connectivity index (χ1n) is 11.6. The molecule has 1 aliphatic heterocycles. The fourth-order valence-corrected chi connectivity index (χ4v) is 5.59. The van der Waals surface area contributed by atoms with Crippen LogP contribution < -0.4 is 10.6 Å². The van der Waals surface area contributed by atoms with Crippen LogP contribution in [-0.2, 0) is 22.5 Å². The zero-order valence-electron chi connectivity index (χ0n) is 19.1.